The number of H-pyrrole nitrogens is 1. The van der Waals surface area contributed by atoms with Gasteiger partial charge < -0.3 is 40.2 Å². The number of hydrogen-bond acceptors (Lipinski definition) is 11. The van der Waals surface area contributed by atoms with E-state index in [1.807, 2.05) is 51.1 Å². The van der Waals surface area contributed by atoms with E-state index in [9.17, 15) is 27.6 Å². The highest BCUT2D eigenvalue weighted by atomic mass is 32.2. The molecule has 6 aliphatic rings. The van der Waals surface area contributed by atoms with Gasteiger partial charge in [-0.15, -0.1) is 4.40 Å². The van der Waals surface area contributed by atoms with Crippen LogP contribution in [0.15, 0.2) is 69.1 Å². The maximum absolute atomic E-state index is 14.1. The third-order valence-corrected chi connectivity index (χ3v) is 16.6. The lowest BCUT2D eigenvalue weighted by atomic mass is 9.67. The number of sulfonamides is 1. The van der Waals surface area contributed by atoms with E-state index in [0.717, 1.165) is 72.2 Å². The van der Waals surface area contributed by atoms with Crippen LogP contribution in [0.4, 0.5) is 15.3 Å². The van der Waals surface area contributed by atoms with E-state index in [1.54, 1.807) is 17.0 Å². The minimum absolute atomic E-state index is 0.0861. The molecule has 6 unspecified atom stereocenters. The summed E-state index contributed by atoms with van der Waals surface area (Å²) in [6.07, 6.45) is 11.8. The predicted octanol–water partition coefficient (Wildman–Crippen LogP) is 7.44. The van der Waals surface area contributed by atoms with Crippen molar-refractivity contribution in [2.75, 3.05) is 32.6 Å². The Labute approximate surface area is 398 Å². The first-order chi connectivity index (χ1) is 32.6. The number of carbonyl (C=O) groups excluding carboxylic acids is 4. The number of fused-ring (bicyclic) bond motifs is 3. The number of amides is 4. The quantitative estimate of drug-likeness (QED) is 0.149. The SMILES string of the molecule is COC(=O)NC(C(=O)N1CCCC1C1=NS(=O)(=O)c2cc(C3=CN=C(c4ccc(-c5cnc(C6CCCN6C(=O)C(NC(=O)OC)C(C)C)[nH]5)cc4)C4C3CCC43CCCC3)ccc2N1)C(C)C. The highest BCUT2D eigenvalue weighted by Crippen LogP contribution is 2.61. The molecule has 4 aliphatic heterocycles. The minimum Gasteiger partial charge on any atom is -0.453 e. The number of anilines is 1. The second-order valence-electron chi connectivity index (χ2n) is 19.9. The van der Waals surface area contributed by atoms with Crippen LogP contribution in [0.1, 0.15) is 115 Å². The summed E-state index contributed by atoms with van der Waals surface area (Å²) >= 11 is 0. The summed E-state index contributed by atoms with van der Waals surface area (Å²) in [5.74, 6) is 0.380. The molecular formula is C50H63N9O8S. The van der Waals surface area contributed by atoms with Gasteiger partial charge in [0, 0.05) is 25.2 Å². The average molecular weight is 950 g/mol. The topological polar surface area (TPSA) is 217 Å². The Morgan fingerprint density at radius 2 is 1.35 bits per heavy atom. The molecule has 68 heavy (non-hydrogen) atoms. The fraction of sp³-hybridized carbons (Fsp3) is 0.540. The van der Waals surface area contributed by atoms with E-state index in [2.05, 4.69) is 49.6 Å². The number of nitrogens with zero attached hydrogens (tertiary/aromatic N) is 5. The largest absolute Gasteiger partial charge is 0.453 e. The Morgan fingerprint density at radius 3 is 1.97 bits per heavy atom. The smallest absolute Gasteiger partial charge is 0.407 e. The van der Waals surface area contributed by atoms with Gasteiger partial charge in [-0.2, -0.15) is 8.42 Å². The van der Waals surface area contributed by atoms with Gasteiger partial charge in [0.2, 0.25) is 11.8 Å². The molecule has 2 aromatic carbocycles. The summed E-state index contributed by atoms with van der Waals surface area (Å²) in [5, 5.41) is 8.63. The number of hydrogen-bond donors (Lipinski definition) is 4. The first kappa shape index (κ1) is 47.0. The summed E-state index contributed by atoms with van der Waals surface area (Å²) in [6.45, 7) is 8.44. The zero-order chi connectivity index (χ0) is 48.1. The number of nitrogens with one attached hydrogen (secondary N) is 4. The number of alkyl carbamates (subject to hydrolysis) is 2. The number of methoxy groups -OCH3 is 2. The van der Waals surface area contributed by atoms with Crippen molar-refractivity contribution < 1.29 is 37.1 Å². The summed E-state index contributed by atoms with van der Waals surface area (Å²) in [5.41, 5.74) is 6.27. The number of aromatic nitrogens is 2. The van der Waals surface area contributed by atoms with E-state index < -0.39 is 40.3 Å². The molecule has 362 valence electrons. The van der Waals surface area contributed by atoms with Crippen molar-refractivity contribution in [3.05, 3.63) is 71.8 Å². The summed E-state index contributed by atoms with van der Waals surface area (Å²) < 4.78 is 42.0. The number of imidazole rings is 1. The molecule has 3 aromatic rings. The van der Waals surface area contributed by atoms with Crippen LogP contribution in [0.25, 0.3) is 16.8 Å². The molecule has 0 bridgehead atoms. The zero-order valence-electron chi connectivity index (χ0n) is 39.7. The van der Waals surface area contributed by atoms with Crippen LogP contribution in [0.3, 0.4) is 0 Å². The van der Waals surface area contributed by atoms with Crippen LogP contribution in [0.2, 0.25) is 0 Å². The van der Waals surface area contributed by atoms with Crippen LogP contribution in [0, 0.1) is 29.1 Å². The van der Waals surface area contributed by atoms with Gasteiger partial charge >= 0.3 is 12.2 Å². The molecule has 4 amide bonds. The molecule has 2 aliphatic carbocycles. The normalized spacial score (nSPS) is 24.4. The minimum atomic E-state index is -4.15. The Hall–Kier alpha value is -6.04. The molecule has 4 N–H and O–H groups in total. The lowest BCUT2D eigenvalue weighted by molar-refractivity contribution is -0.135. The monoisotopic (exact) mass is 949 g/mol. The van der Waals surface area contributed by atoms with E-state index in [0.29, 0.717) is 37.4 Å². The Bertz CT molecular complexity index is 2670. The first-order valence-electron chi connectivity index (χ1n) is 24.1. The highest BCUT2D eigenvalue weighted by Gasteiger charge is 2.54. The zero-order valence-corrected chi connectivity index (χ0v) is 40.5. The lowest BCUT2D eigenvalue weighted by Crippen LogP contribution is -2.54. The van der Waals surface area contributed by atoms with E-state index in [4.69, 9.17) is 19.5 Å². The predicted molar refractivity (Wildman–Crippen MR) is 257 cm³/mol. The molecule has 2 saturated carbocycles. The third kappa shape index (κ3) is 8.68. The molecule has 1 spiro atoms. The van der Waals surface area contributed by atoms with Crippen LogP contribution < -0.4 is 16.0 Å². The van der Waals surface area contributed by atoms with Gasteiger partial charge in [0.25, 0.3) is 10.0 Å². The molecule has 18 heteroatoms. The number of rotatable bonds is 11. The van der Waals surface area contributed by atoms with Crippen LogP contribution in [-0.2, 0) is 29.1 Å². The van der Waals surface area contributed by atoms with E-state index >= 15 is 0 Å². The number of ether oxygens (including phenoxy) is 2. The Balaban J connectivity index is 0.958. The van der Waals surface area contributed by atoms with Gasteiger partial charge in [-0.05, 0) is 109 Å². The number of aromatic amines is 1. The molecule has 1 aromatic heterocycles. The summed E-state index contributed by atoms with van der Waals surface area (Å²) in [6, 6.07) is 11.5. The Morgan fingerprint density at radius 1 is 0.765 bits per heavy atom. The van der Waals surface area contributed by atoms with E-state index in [1.165, 1.54) is 27.1 Å². The van der Waals surface area contributed by atoms with Crippen molar-refractivity contribution in [3.8, 4) is 11.3 Å². The number of allylic oxidation sites excluding steroid dienone is 1. The molecule has 2 saturated heterocycles. The van der Waals surface area contributed by atoms with Gasteiger partial charge in [-0.1, -0.05) is 70.9 Å². The van der Waals surface area contributed by atoms with Gasteiger partial charge in [-0.3, -0.25) is 14.6 Å². The number of benzene rings is 2. The van der Waals surface area contributed by atoms with Gasteiger partial charge in [-0.25, -0.2) is 14.6 Å². The fourth-order valence-corrected chi connectivity index (χ4v) is 13.1. The molecule has 9 rings (SSSR count). The maximum atomic E-state index is 14.1. The van der Waals surface area contributed by atoms with Crippen molar-refractivity contribution in [1.82, 2.24) is 30.4 Å². The average Bonchev–Trinajstić information content (AvgIpc) is 4.20. The first-order valence-corrected chi connectivity index (χ1v) is 25.6. The van der Waals surface area contributed by atoms with Crippen molar-refractivity contribution in [1.29, 1.82) is 0 Å². The van der Waals surface area contributed by atoms with E-state index in [-0.39, 0.29) is 57.7 Å². The molecule has 5 heterocycles. The second-order valence-corrected chi connectivity index (χ2v) is 21.5. The fourth-order valence-electron chi connectivity index (χ4n) is 11.9. The van der Waals surface area contributed by atoms with Crippen LogP contribution in [-0.4, -0.2) is 109 Å². The van der Waals surface area contributed by atoms with Crippen molar-refractivity contribution >= 4 is 56.8 Å². The standard InChI is InChI=1S/C50H63N9O8S/c1-28(2)41(55-48(62)66-5)46(60)58-23-9-11-37(58)44-52-27-36(54-44)30-13-15-31(16-14-30)43-40-33(19-22-50(40)20-7-8-21-50)34(26-51-43)32-17-18-35-39(25-32)68(64,65)57-45(53-35)38-12-10-24-59(38)47(61)42(29(3)4)56-49(63)67-6/h13-18,25-29,33,37-38,40-42H,7-12,19-24H2,1-6H3,(H,52,54)(H,53,57)(H,55,62)(H,56,63). The second kappa shape index (κ2) is 18.8. The molecule has 6 atom stereocenters. The highest BCUT2D eigenvalue weighted by molar-refractivity contribution is 7.90. The number of likely N-dealkylation sites (tertiary alicyclic amines) is 2. The van der Waals surface area contributed by atoms with Crippen LogP contribution in [0.5, 0.6) is 0 Å². The molecule has 4 fully saturated rings. The lowest BCUT2D eigenvalue weighted by Gasteiger charge is -2.38. The molecule has 17 nitrogen and oxygen atoms in total. The number of carbonyl (C=O) groups is 4. The molecule has 0 radical (unpaired) electrons. The van der Waals surface area contributed by atoms with Gasteiger partial charge in [0.05, 0.1) is 49.6 Å². The third-order valence-electron chi connectivity index (χ3n) is 15.3. The van der Waals surface area contributed by atoms with Crippen molar-refractivity contribution in [2.45, 2.75) is 121 Å². The van der Waals surface area contributed by atoms with Crippen molar-refractivity contribution in [2.24, 2.45) is 38.5 Å². The maximum Gasteiger partial charge on any atom is 0.407 e. The van der Waals surface area contributed by atoms with Crippen molar-refractivity contribution in [3.63, 3.8) is 0 Å². The van der Waals surface area contributed by atoms with Gasteiger partial charge in [0.1, 0.15) is 28.6 Å². The van der Waals surface area contributed by atoms with Gasteiger partial charge in [0.15, 0.2) is 0 Å². The van der Waals surface area contributed by atoms with Crippen LogP contribution >= 0.6 is 0 Å². The summed E-state index contributed by atoms with van der Waals surface area (Å²) in [4.78, 5) is 68.7. The number of amidine groups is 1. The number of aliphatic imine (C=N–C) groups is 1. The summed E-state index contributed by atoms with van der Waals surface area (Å²) in [7, 11) is -1.62. The Kier molecular flexibility index (Phi) is 13.0. The molecular weight excluding hydrogens is 887 g/mol.